The Bertz CT molecular complexity index is 794. The maximum Gasteiger partial charge on any atom is 0.433 e. The maximum atomic E-state index is 13.3. The molecule has 0 atom stereocenters. The van der Waals surface area contributed by atoms with Crippen molar-refractivity contribution in [2.75, 3.05) is 12.4 Å². The average molecular weight is 319 g/mol. The first kappa shape index (κ1) is 15.0. The molecule has 1 N–H and O–H groups in total. The van der Waals surface area contributed by atoms with Gasteiger partial charge in [0.05, 0.1) is 17.6 Å². The minimum Gasteiger partial charge on any atom is -0.373 e. The van der Waals surface area contributed by atoms with Crippen LogP contribution < -0.4 is 5.32 Å². The summed E-state index contributed by atoms with van der Waals surface area (Å²) in [7, 11) is 1.68. The van der Waals surface area contributed by atoms with Gasteiger partial charge >= 0.3 is 6.18 Å². The first-order valence-corrected chi connectivity index (χ1v) is 6.71. The zero-order valence-electron chi connectivity index (χ0n) is 12.0. The first-order chi connectivity index (χ1) is 11.0. The number of anilines is 1. The van der Waals surface area contributed by atoms with Crippen molar-refractivity contribution in [1.29, 1.82) is 0 Å². The molecule has 3 heterocycles. The fraction of sp³-hybridized carbons (Fsp3) is 0.133. The van der Waals surface area contributed by atoms with Crippen molar-refractivity contribution >= 4 is 5.82 Å². The molecule has 3 aromatic heterocycles. The topological polar surface area (TPSA) is 55.6 Å². The molecular weight excluding hydrogens is 307 g/mol. The molecule has 118 valence electrons. The monoisotopic (exact) mass is 319 g/mol. The van der Waals surface area contributed by atoms with Crippen molar-refractivity contribution in [2.24, 2.45) is 0 Å². The van der Waals surface area contributed by atoms with Gasteiger partial charge in [-0.3, -0.25) is 4.98 Å². The normalized spacial score (nSPS) is 11.5. The standard InChI is InChI=1S/C15H12F3N5/c1-19-14-5-4-11(9-21-14)23-13(15(16,17)18)7-12(22-23)10-3-2-6-20-8-10/h2-9H,1H3,(H,19,21). The number of hydrogen-bond acceptors (Lipinski definition) is 4. The maximum absolute atomic E-state index is 13.3. The summed E-state index contributed by atoms with van der Waals surface area (Å²) in [6.45, 7) is 0. The Labute approximate surface area is 129 Å². The molecule has 0 saturated heterocycles. The number of nitrogens with one attached hydrogen (secondary N) is 1. The lowest BCUT2D eigenvalue weighted by molar-refractivity contribution is -0.142. The molecule has 0 aliphatic carbocycles. The molecule has 0 unspecified atom stereocenters. The molecule has 0 radical (unpaired) electrons. The molecule has 3 aromatic rings. The minimum atomic E-state index is -4.53. The second-order valence-electron chi connectivity index (χ2n) is 4.72. The van der Waals surface area contributed by atoms with Gasteiger partial charge in [0, 0.05) is 25.0 Å². The highest BCUT2D eigenvalue weighted by atomic mass is 19.4. The summed E-state index contributed by atoms with van der Waals surface area (Å²) in [6.07, 6.45) is -0.184. The van der Waals surface area contributed by atoms with Crippen molar-refractivity contribution in [3.05, 3.63) is 54.6 Å². The largest absolute Gasteiger partial charge is 0.433 e. The number of nitrogens with zero attached hydrogens (tertiary/aromatic N) is 4. The van der Waals surface area contributed by atoms with E-state index in [0.29, 0.717) is 11.4 Å². The van der Waals surface area contributed by atoms with Crippen molar-refractivity contribution in [2.45, 2.75) is 6.18 Å². The second-order valence-corrected chi connectivity index (χ2v) is 4.72. The molecule has 0 saturated carbocycles. The highest BCUT2D eigenvalue weighted by Crippen LogP contribution is 2.33. The Kier molecular flexibility index (Phi) is 3.73. The SMILES string of the molecule is CNc1ccc(-n2nc(-c3cccnc3)cc2C(F)(F)F)cn1. The summed E-state index contributed by atoms with van der Waals surface area (Å²) in [6, 6.07) is 7.41. The number of alkyl halides is 3. The highest BCUT2D eigenvalue weighted by molar-refractivity contribution is 5.59. The molecular formula is C15H12F3N5. The zero-order valence-corrected chi connectivity index (χ0v) is 12.0. The summed E-state index contributed by atoms with van der Waals surface area (Å²) in [5, 5.41) is 6.88. The summed E-state index contributed by atoms with van der Waals surface area (Å²) < 4.78 is 40.7. The van der Waals surface area contributed by atoms with Gasteiger partial charge < -0.3 is 5.32 Å². The smallest absolute Gasteiger partial charge is 0.373 e. The van der Waals surface area contributed by atoms with Crippen molar-refractivity contribution in [3.8, 4) is 16.9 Å². The Balaban J connectivity index is 2.12. The fourth-order valence-corrected chi connectivity index (χ4v) is 2.09. The molecule has 23 heavy (non-hydrogen) atoms. The van der Waals surface area contributed by atoms with Crippen LogP contribution in [-0.4, -0.2) is 26.8 Å². The van der Waals surface area contributed by atoms with Gasteiger partial charge in [-0.2, -0.15) is 18.3 Å². The summed E-state index contributed by atoms with van der Waals surface area (Å²) in [5.41, 5.74) is 0.0708. The fourth-order valence-electron chi connectivity index (χ4n) is 2.09. The zero-order chi connectivity index (χ0) is 16.4. The van der Waals surface area contributed by atoms with Gasteiger partial charge in [-0.05, 0) is 30.3 Å². The number of halogens is 3. The Morgan fingerprint density at radius 2 is 1.96 bits per heavy atom. The van der Waals surface area contributed by atoms with Crippen LogP contribution >= 0.6 is 0 Å². The third-order valence-electron chi connectivity index (χ3n) is 3.21. The predicted molar refractivity (Wildman–Crippen MR) is 79.1 cm³/mol. The van der Waals surface area contributed by atoms with Gasteiger partial charge in [0.15, 0.2) is 0 Å². The Morgan fingerprint density at radius 3 is 2.52 bits per heavy atom. The lowest BCUT2D eigenvalue weighted by Crippen LogP contribution is -2.13. The quantitative estimate of drug-likeness (QED) is 0.804. The van der Waals surface area contributed by atoms with Crippen LogP contribution in [0.15, 0.2) is 48.9 Å². The van der Waals surface area contributed by atoms with Gasteiger partial charge in [0.1, 0.15) is 11.5 Å². The van der Waals surface area contributed by atoms with Crippen LogP contribution in [0, 0.1) is 0 Å². The van der Waals surface area contributed by atoms with E-state index in [-0.39, 0.29) is 11.4 Å². The van der Waals surface area contributed by atoms with E-state index in [2.05, 4.69) is 20.4 Å². The molecule has 0 fully saturated rings. The van der Waals surface area contributed by atoms with Gasteiger partial charge in [0.2, 0.25) is 0 Å². The first-order valence-electron chi connectivity index (χ1n) is 6.71. The molecule has 5 nitrogen and oxygen atoms in total. The van der Waals surface area contributed by atoms with Crippen molar-refractivity contribution in [3.63, 3.8) is 0 Å². The minimum absolute atomic E-state index is 0.197. The molecule has 3 rings (SSSR count). The van der Waals surface area contributed by atoms with Gasteiger partial charge in [0.25, 0.3) is 0 Å². The number of aromatic nitrogens is 4. The van der Waals surface area contributed by atoms with Crippen molar-refractivity contribution < 1.29 is 13.2 Å². The highest BCUT2D eigenvalue weighted by Gasteiger charge is 2.36. The summed E-state index contributed by atoms with van der Waals surface area (Å²) in [5.74, 6) is 0.557. The van der Waals surface area contributed by atoms with Crippen LogP contribution in [0.4, 0.5) is 19.0 Å². The number of hydrogen-bond donors (Lipinski definition) is 1. The van der Waals surface area contributed by atoms with E-state index in [9.17, 15) is 13.2 Å². The molecule has 0 aliphatic rings. The second kappa shape index (κ2) is 5.71. The molecule has 0 aromatic carbocycles. The number of rotatable bonds is 3. The number of pyridine rings is 2. The average Bonchev–Trinajstić information content (AvgIpc) is 3.01. The predicted octanol–water partition coefficient (Wildman–Crippen LogP) is 3.39. The van der Waals surface area contributed by atoms with Crippen LogP contribution in [-0.2, 0) is 6.18 Å². The lowest BCUT2D eigenvalue weighted by Gasteiger charge is -2.10. The Hall–Kier alpha value is -2.90. The molecule has 8 heteroatoms. The third-order valence-corrected chi connectivity index (χ3v) is 3.21. The summed E-state index contributed by atoms with van der Waals surface area (Å²) in [4.78, 5) is 7.93. The van der Waals surface area contributed by atoms with E-state index in [1.807, 2.05) is 0 Å². The van der Waals surface area contributed by atoms with Crippen LogP contribution in [0.3, 0.4) is 0 Å². The van der Waals surface area contributed by atoms with E-state index < -0.39 is 11.9 Å². The van der Waals surface area contributed by atoms with E-state index in [0.717, 1.165) is 10.7 Å². The van der Waals surface area contributed by atoms with E-state index in [1.54, 1.807) is 31.4 Å². The van der Waals surface area contributed by atoms with Crippen LogP contribution in [0.1, 0.15) is 5.69 Å². The van der Waals surface area contributed by atoms with Gasteiger partial charge in [-0.25, -0.2) is 9.67 Å². The lowest BCUT2D eigenvalue weighted by atomic mass is 10.2. The van der Waals surface area contributed by atoms with Gasteiger partial charge in [-0.1, -0.05) is 0 Å². The Morgan fingerprint density at radius 1 is 1.13 bits per heavy atom. The van der Waals surface area contributed by atoms with E-state index >= 15 is 0 Å². The van der Waals surface area contributed by atoms with Crippen LogP contribution in [0.5, 0.6) is 0 Å². The van der Waals surface area contributed by atoms with Crippen LogP contribution in [0.2, 0.25) is 0 Å². The molecule has 0 spiro atoms. The van der Waals surface area contributed by atoms with E-state index in [1.165, 1.54) is 18.5 Å². The molecule has 0 bridgehead atoms. The third kappa shape index (κ3) is 3.01. The van der Waals surface area contributed by atoms with Gasteiger partial charge in [-0.15, -0.1) is 0 Å². The van der Waals surface area contributed by atoms with Crippen LogP contribution in [0.25, 0.3) is 16.9 Å². The molecule has 0 aliphatic heterocycles. The summed E-state index contributed by atoms with van der Waals surface area (Å²) >= 11 is 0. The van der Waals surface area contributed by atoms with E-state index in [4.69, 9.17) is 0 Å². The van der Waals surface area contributed by atoms with Crippen molar-refractivity contribution in [1.82, 2.24) is 19.7 Å². The molecule has 0 amide bonds.